The van der Waals surface area contributed by atoms with E-state index in [0.717, 1.165) is 135 Å². The molecule has 1 saturated heterocycles. The van der Waals surface area contributed by atoms with Gasteiger partial charge in [0.2, 0.25) is 0 Å². The maximum Gasteiger partial charge on any atom is 0.335 e. The van der Waals surface area contributed by atoms with E-state index >= 15 is 0 Å². The van der Waals surface area contributed by atoms with Gasteiger partial charge < -0.3 is 39.0 Å². The third-order valence-electron chi connectivity index (χ3n) is 14.9. The Bertz CT molecular complexity index is 1760. The molecule has 0 radical (unpaired) electrons. The van der Waals surface area contributed by atoms with Gasteiger partial charge in [0.15, 0.2) is 24.6 Å². The lowest BCUT2D eigenvalue weighted by Gasteiger charge is -2.40. The van der Waals surface area contributed by atoms with Crippen LogP contribution in [0.3, 0.4) is 0 Å². The summed E-state index contributed by atoms with van der Waals surface area (Å²) in [6.45, 7) is 5.92. The summed E-state index contributed by atoms with van der Waals surface area (Å²) in [5.41, 5.74) is 0. The quantitative estimate of drug-likeness (QED) is 0.0228. The van der Waals surface area contributed by atoms with Crippen molar-refractivity contribution < 1.29 is 58.2 Å². The van der Waals surface area contributed by atoms with Gasteiger partial charge in [0.25, 0.3) is 0 Å². The summed E-state index contributed by atoms with van der Waals surface area (Å²) >= 11 is 0. The number of rotatable bonds is 57. The number of aliphatic hydroxyl groups excluding tert-OH is 2. The van der Waals surface area contributed by atoms with Crippen molar-refractivity contribution in [2.75, 3.05) is 13.2 Å². The Balaban J connectivity index is 2.66. The number of carboxylic acid groups (broad SMARTS) is 1. The number of aliphatic carboxylic acids is 1. The molecule has 83 heavy (non-hydrogen) atoms. The molecule has 0 aliphatic carbocycles. The average molecular weight is 1170 g/mol. The number of allylic oxidation sites excluding steroid dienone is 14. The van der Waals surface area contributed by atoms with Crippen molar-refractivity contribution in [1.82, 2.24) is 0 Å². The normalized spacial score (nSPS) is 18.1. The van der Waals surface area contributed by atoms with Gasteiger partial charge >= 0.3 is 23.9 Å². The first-order valence-corrected chi connectivity index (χ1v) is 33.6. The van der Waals surface area contributed by atoms with Gasteiger partial charge in [-0.15, -0.1) is 0 Å². The molecule has 1 rings (SSSR count). The third kappa shape index (κ3) is 47.8. The second-order valence-electron chi connectivity index (χ2n) is 22.7. The standard InChI is InChI=1S/C71H120O12/c1-4-7-10-13-16-19-22-25-28-30-32-34-37-39-42-45-48-51-54-57-63(72)79-60-62(81-64(73)58-55-52-49-46-43-40-36-27-24-21-18-15-12-9-6-3)61-80-71-69(67(76)66(75)68(83-71)70(77)78)82-65(74)59-56-53-50-47-44-41-38-35-33-31-29-26-23-20-17-14-11-8-5-2/h16-21,25-29,32,34,36,62,66-69,71,75-76H,4-15,22-24,30-31,33,35,37-61H2,1-3H3,(H,77,78)/b19-16-,20-17-,21-18-,28-25-,29-26-,34-32-,36-27-. The fraction of sp³-hybridized carbons (Fsp3) is 0.746. The zero-order valence-electron chi connectivity index (χ0n) is 52.7. The maximum atomic E-state index is 13.2. The van der Waals surface area contributed by atoms with Crippen LogP contribution < -0.4 is 0 Å². The summed E-state index contributed by atoms with van der Waals surface area (Å²) in [7, 11) is 0. The molecule has 476 valence electrons. The number of hydrogen-bond acceptors (Lipinski definition) is 11. The highest BCUT2D eigenvalue weighted by molar-refractivity contribution is 5.74. The molecule has 0 amide bonds. The number of esters is 3. The van der Waals surface area contributed by atoms with Crippen molar-refractivity contribution in [1.29, 1.82) is 0 Å². The van der Waals surface area contributed by atoms with Gasteiger partial charge in [0, 0.05) is 19.3 Å². The second kappa shape index (κ2) is 58.3. The molecule has 12 nitrogen and oxygen atoms in total. The lowest BCUT2D eigenvalue weighted by Crippen LogP contribution is -2.61. The predicted molar refractivity (Wildman–Crippen MR) is 340 cm³/mol. The van der Waals surface area contributed by atoms with Crippen molar-refractivity contribution in [2.24, 2.45) is 0 Å². The predicted octanol–water partition coefficient (Wildman–Crippen LogP) is 18.2. The highest BCUT2D eigenvalue weighted by Gasteiger charge is 2.50. The molecule has 0 bridgehead atoms. The third-order valence-corrected chi connectivity index (χ3v) is 14.9. The van der Waals surface area contributed by atoms with Gasteiger partial charge in [-0.1, -0.05) is 234 Å². The topological polar surface area (TPSA) is 175 Å². The van der Waals surface area contributed by atoms with Gasteiger partial charge in [0.05, 0.1) is 6.61 Å². The van der Waals surface area contributed by atoms with E-state index in [4.69, 9.17) is 23.7 Å². The lowest BCUT2D eigenvalue weighted by molar-refractivity contribution is -0.301. The number of carbonyl (C=O) groups excluding carboxylic acids is 3. The van der Waals surface area contributed by atoms with Crippen molar-refractivity contribution in [3.05, 3.63) is 85.1 Å². The number of carboxylic acids is 1. The molecule has 12 heteroatoms. The molecule has 0 aromatic rings. The highest BCUT2D eigenvalue weighted by Crippen LogP contribution is 2.27. The summed E-state index contributed by atoms with van der Waals surface area (Å²) in [6, 6.07) is 0. The van der Waals surface area contributed by atoms with E-state index in [1.54, 1.807) is 0 Å². The largest absolute Gasteiger partial charge is 0.479 e. The highest BCUT2D eigenvalue weighted by atomic mass is 16.7. The van der Waals surface area contributed by atoms with Crippen LogP contribution in [0, 0.1) is 0 Å². The number of unbranched alkanes of at least 4 members (excludes halogenated alkanes) is 29. The molecule has 3 N–H and O–H groups in total. The summed E-state index contributed by atoms with van der Waals surface area (Å²) in [5.74, 6) is -3.15. The molecule has 0 aromatic carbocycles. The zero-order valence-corrected chi connectivity index (χ0v) is 52.7. The van der Waals surface area contributed by atoms with Gasteiger partial charge in [-0.3, -0.25) is 14.4 Å². The van der Waals surface area contributed by atoms with E-state index in [0.29, 0.717) is 19.3 Å². The van der Waals surface area contributed by atoms with Crippen LogP contribution in [0.15, 0.2) is 85.1 Å². The molecule has 1 aliphatic rings. The molecule has 1 heterocycles. The molecule has 0 saturated carbocycles. The van der Waals surface area contributed by atoms with Gasteiger partial charge in [-0.05, 0) is 122 Å². The van der Waals surface area contributed by atoms with Crippen LogP contribution in [0.1, 0.15) is 290 Å². The minimum atomic E-state index is -1.91. The SMILES string of the molecule is CCCCC/C=C\C/C=C\C/C=C\CCCCCCCCC(=O)OCC(COC1OC(C(=O)O)C(O)C(O)C1OC(=O)CCCCCCCCCCC/C=C\C/C=C\CCCCC)OC(=O)CCCCCCC/C=C\C/C=C\CCCCC. The number of aliphatic hydroxyl groups is 2. The Morgan fingerprint density at radius 3 is 1.10 bits per heavy atom. The summed E-state index contributed by atoms with van der Waals surface area (Å²) in [4.78, 5) is 51.4. The van der Waals surface area contributed by atoms with Crippen molar-refractivity contribution in [3.63, 3.8) is 0 Å². The zero-order chi connectivity index (χ0) is 60.3. The van der Waals surface area contributed by atoms with Crippen LogP contribution in [-0.2, 0) is 42.9 Å². The number of carbonyl (C=O) groups is 4. The first-order valence-electron chi connectivity index (χ1n) is 33.6. The van der Waals surface area contributed by atoms with Gasteiger partial charge in [-0.25, -0.2) is 4.79 Å². The maximum absolute atomic E-state index is 13.2. The molecule has 1 fully saturated rings. The minimum absolute atomic E-state index is 0.0504. The first kappa shape index (κ1) is 76.9. The Labute approximate surface area is 505 Å². The number of hydrogen-bond donors (Lipinski definition) is 3. The average Bonchev–Trinajstić information content (AvgIpc) is 3.57. The Hall–Kier alpha value is -4.10. The van der Waals surface area contributed by atoms with Crippen molar-refractivity contribution in [2.45, 2.75) is 327 Å². The smallest absolute Gasteiger partial charge is 0.335 e. The molecule has 0 spiro atoms. The van der Waals surface area contributed by atoms with E-state index in [1.807, 2.05) is 0 Å². The fourth-order valence-electron chi connectivity index (χ4n) is 9.73. The van der Waals surface area contributed by atoms with E-state index < -0.39 is 67.3 Å². The van der Waals surface area contributed by atoms with E-state index in [9.17, 15) is 34.5 Å². The Morgan fingerprint density at radius 1 is 0.398 bits per heavy atom. The number of ether oxygens (including phenoxy) is 5. The molecule has 1 aliphatic heterocycles. The Morgan fingerprint density at radius 2 is 0.723 bits per heavy atom. The van der Waals surface area contributed by atoms with E-state index in [2.05, 4.69) is 106 Å². The van der Waals surface area contributed by atoms with Gasteiger partial charge in [0.1, 0.15) is 18.8 Å². The second-order valence-corrected chi connectivity index (χ2v) is 22.7. The van der Waals surface area contributed by atoms with Crippen LogP contribution in [0.4, 0.5) is 0 Å². The van der Waals surface area contributed by atoms with Crippen LogP contribution >= 0.6 is 0 Å². The van der Waals surface area contributed by atoms with E-state index in [-0.39, 0.29) is 25.9 Å². The van der Waals surface area contributed by atoms with Crippen LogP contribution in [-0.4, -0.2) is 89.2 Å². The van der Waals surface area contributed by atoms with Crippen LogP contribution in [0.25, 0.3) is 0 Å². The lowest BCUT2D eigenvalue weighted by atomic mass is 9.98. The first-order chi connectivity index (χ1) is 40.6. The molecule has 6 atom stereocenters. The van der Waals surface area contributed by atoms with Crippen LogP contribution in [0.2, 0.25) is 0 Å². The fourth-order valence-corrected chi connectivity index (χ4v) is 9.73. The molecule has 0 aromatic heterocycles. The van der Waals surface area contributed by atoms with Crippen molar-refractivity contribution >= 4 is 23.9 Å². The summed E-state index contributed by atoms with van der Waals surface area (Å²) < 4.78 is 28.5. The van der Waals surface area contributed by atoms with Gasteiger partial charge in [-0.2, -0.15) is 0 Å². The molecule has 6 unspecified atom stereocenters. The Kier molecular flexibility index (Phi) is 54.0. The monoisotopic (exact) mass is 1160 g/mol. The molecular formula is C71H120O12. The summed E-state index contributed by atoms with van der Waals surface area (Å²) in [5, 5.41) is 31.6. The summed E-state index contributed by atoms with van der Waals surface area (Å²) in [6.07, 6.45) is 63.8. The van der Waals surface area contributed by atoms with Crippen LogP contribution in [0.5, 0.6) is 0 Å². The van der Waals surface area contributed by atoms with Crippen molar-refractivity contribution in [3.8, 4) is 0 Å². The minimum Gasteiger partial charge on any atom is -0.479 e. The van der Waals surface area contributed by atoms with E-state index in [1.165, 1.54) is 96.3 Å². The molecular weight excluding hydrogens is 1040 g/mol.